The van der Waals surface area contributed by atoms with E-state index in [2.05, 4.69) is 72.1 Å². The Balaban J connectivity index is 1.37. The number of hydrogen-bond acceptors (Lipinski definition) is 6. The lowest BCUT2D eigenvalue weighted by Crippen LogP contribution is -2.37. The standard InChI is InChI=1S/C29H35N3O3/c1-5-33-21(2)28-31-18-16-24(32-28)20-34-25-12-8-22(9-13-25)29(3,4)23-10-14-26(15-11-23)35-27-7-6-17-30-19-27/h8-16,18,27,30H,2,5-7,17,19-20H2,1,3-4H3. The Bertz CT molecular complexity index is 1100. The number of piperidine rings is 1. The first kappa shape index (κ1) is 24.7. The number of nitrogens with zero attached hydrogens (tertiary/aromatic N) is 2. The van der Waals surface area contributed by atoms with Crippen molar-refractivity contribution < 1.29 is 14.2 Å². The van der Waals surface area contributed by atoms with E-state index in [-0.39, 0.29) is 11.5 Å². The van der Waals surface area contributed by atoms with Crippen molar-refractivity contribution in [2.45, 2.75) is 51.7 Å². The van der Waals surface area contributed by atoms with E-state index in [4.69, 9.17) is 14.2 Å². The summed E-state index contributed by atoms with van der Waals surface area (Å²) in [6.45, 7) is 13.1. The van der Waals surface area contributed by atoms with Gasteiger partial charge in [-0.3, -0.25) is 0 Å². The van der Waals surface area contributed by atoms with Crippen LogP contribution in [0.4, 0.5) is 0 Å². The Morgan fingerprint density at radius 2 is 1.71 bits per heavy atom. The molecule has 4 rings (SSSR count). The second-order valence-corrected chi connectivity index (χ2v) is 9.28. The van der Waals surface area contributed by atoms with Crippen LogP contribution < -0.4 is 14.8 Å². The molecule has 1 aliphatic rings. The van der Waals surface area contributed by atoms with Gasteiger partial charge in [-0.05, 0) is 67.8 Å². The molecule has 2 heterocycles. The molecule has 1 aromatic heterocycles. The van der Waals surface area contributed by atoms with Crippen molar-refractivity contribution in [2.24, 2.45) is 0 Å². The van der Waals surface area contributed by atoms with Gasteiger partial charge in [0.05, 0.1) is 12.3 Å². The van der Waals surface area contributed by atoms with E-state index in [1.807, 2.05) is 25.1 Å². The molecule has 1 unspecified atom stereocenters. The Labute approximate surface area is 208 Å². The third kappa shape index (κ3) is 6.40. The highest BCUT2D eigenvalue weighted by atomic mass is 16.5. The third-order valence-corrected chi connectivity index (χ3v) is 6.37. The zero-order valence-corrected chi connectivity index (χ0v) is 20.9. The van der Waals surface area contributed by atoms with Crippen LogP contribution in [0, 0.1) is 0 Å². The summed E-state index contributed by atoms with van der Waals surface area (Å²) in [5, 5.41) is 3.40. The van der Waals surface area contributed by atoms with Gasteiger partial charge in [0.15, 0.2) is 11.6 Å². The van der Waals surface area contributed by atoms with Crippen LogP contribution >= 0.6 is 0 Å². The molecule has 1 saturated heterocycles. The zero-order chi connectivity index (χ0) is 24.7. The summed E-state index contributed by atoms with van der Waals surface area (Å²) in [6, 6.07) is 18.6. The molecule has 1 atom stereocenters. The van der Waals surface area contributed by atoms with Crippen molar-refractivity contribution in [2.75, 3.05) is 19.7 Å². The number of hydrogen-bond donors (Lipinski definition) is 1. The van der Waals surface area contributed by atoms with E-state index in [1.165, 1.54) is 17.5 Å². The summed E-state index contributed by atoms with van der Waals surface area (Å²) < 4.78 is 17.5. The minimum atomic E-state index is -0.148. The molecule has 6 heteroatoms. The Kier molecular flexibility index (Phi) is 8.03. The summed E-state index contributed by atoms with van der Waals surface area (Å²) in [7, 11) is 0. The van der Waals surface area contributed by atoms with E-state index in [0.717, 1.165) is 36.7 Å². The molecule has 1 fully saturated rings. The van der Waals surface area contributed by atoms with E-state index in [1.54, 1.807) is 6.20 Å². The van der Waals surface area contributed by atoms with E-state index >= 15 is 0 Å². The monoisotopic (exact) mass is 473 g/mol. The fourth-order valence-electron chi connectivity index (χ4n) is 4.20. The molecule has 2 aromatic carbocycles. The maximum atomic E-state index is 6.14. The van der Waals surface area contributed by atoms with Crippen LogP contribution in [0.3, 0.4) is 0 Å². The molecule has 1 N–H and O–H groups in total. The summed E-state index contributed by atoms with van der Waals surface area (Å²) in [5.41, 5.74) is 3.08. The number of aromatic nitrogens is 2. The molecule has 6 nitrogen and oxygen atoms in total. The van der Waals surface area contributed by atoms with Crippen molar-refractivity contribution in [3.63, 3.8) is 0 Å². The highest BCUT2D eigenvalue weighted by Crippen LogP contribution is 2.33. The van der Waals surface area contributed by atoms with Crippen molar-refractivity contribution in [3.8, 4) is 11.5 Å². The third-order valence-electron chi connectivity index (χ3n) is 6.37. The number of nitrogens with one attached hydrogen (secondary N) is 1. The maximum absolute atomic E-state index is 6.14. The SMILES string of the molecule is C=C(OCC)c1nccc(COc2ccc(C(C)(C)c3ccc(OC4CCCNC4)cc3)cc2)n1. The minimum absolute atomic E-state index is 0.148. The average Bonchev–Trinajstić information content (AvgIpc) is 2.89. The summed E-state index contributed by atoms with van der Waals surface area (Å²) in [5.74, 6) is 2.67. The fraction of sp³-hybridized carbons (Fsp3) is 0.379. The fourth-order valence-corrected chi connectivity index (χ4v) is 4.20. The summed E-state index contributed by atoms with van der Waals surface area (Å²) >= 11 is 0. The number of ether oxygens (including phenoxy) is 3. The first-order valence-electron chi connectivity index (χ1n) is 12.3. The molecule has 0 aliphatic carbocycles. The van der Waals surface area contributed by atoms with Gasteiger partial charge in [0.25, 0.3) is 0 Å². The summed E-state index contributed by atoms with van der Waals surface area (Å²) in [4.78, 5) is 8.69. The van der Waals surface area contributed by atoms with Crippen LogP contribution in [0.2, 0.25) is 0 Å². The molecule has 0 radical (unpaired) electrons. The molecular formula is C29H35N3O3. The van der Waals surface area contributed by atoms with Gasteiger partial charge < -0.3 is 19.5 Å². The van der Waals surface area contributed by atoms with E-state index in [0.29, 0.717) is 24.8 Å². The lowest BCUT2D eigenvalue weighted by atomic mass is 9.78. The van der Waals surface area contributed by atoms with Gasteiger partial charge in [-0.15, -0.1) is 0 Å². The Morgan fingerprint density at radius 1 is 1.03 bits per heavy atom. The lowest BCUT2D eigenvalue weighted by molar-refractivity contribution is 0.167. The van der Waals surface area contributed by atoms with Gasteiger partial charge in [0.2, 0.25) is 0 Å². The largest absolute Gasteiger partial charge is 0.491 e. The van der Waals surface area contributed by atoms with Gasteiger partial charge in [-0.25, -0.2) is 9.97 Å². The highest BCUT2D eigenvalue weighted by Gasteiger charge is 2.23. The minimum Gasteiger partial charge on any atom is -0.491 e. The van der Waals surface area contributed by atoms with Crippen LogP contribution in [-0.4, -0.2) is 35.8 Å². The van der Waals surface area contributed by atoms with Gasteiger partial charge in [0.1, 0.15) is 24.2 Å². The Hall–Kier alpha value is -3.38. The molecule has 184 valence electrons. The van der Waals surface area contributed by atoms with Crippen molar-refractivity contribution >= 4 is 5.76 Å². The second kappa shape index (κ2) is 11.4. The Morgan fingerprint density at radius 3 is 2.34 bits per heavy atom. The second-order valence-electron chi connectivity index (χ2n) is 9.28. The van der Waals surface area contributed by atoms with Crippen molar-refractivity contribution in [1.82, 2.24) is 15.3 Å². The van der Waals surface area contributed by atoms with Crippen LogP contribution in [0.1, 0.15) is 56.3 Å². The normalized spacial score (nSPS) is 15.9. The van der Waals surface area contributed by atoms with Crippen LogP contribution in [0.25, 0.3) is 5.76 Å². The van der Waals surface area contributed by atoms with Gasteiger partial charge in [-0.1, -0.05) is 44.7 Å². The molecule has 0 amide bonds. The lowest BCUT2D eigenvalue weighted by Gasteiger charge is -2.27. The molecular weight excluding hydrogens is 438 g/mol. The molecule has 1 aliphatic heterocycles. The molecule has 3 aromatic rings. The zero-order valence-electron chi connectivity index (χ0n) is 20.9. The molecule has 0 spiro atoms. The van der Waals surface area contributed by atoms with Crippen molar-refractivity contribution in [1.29, 1.82) is 0 Å². The molecule has 35 heavy (non-hydrogen) atoms. The summed E-state index contributed by atoms with van der Waals surface area (Å²) in [6.07, 6.45) is 4.22. The van der Waals surface area contributed by atoms with Crippen LogP contribution in [0.5, 0.6) is 11.5 Å². The average molecular weight is 474 g/mol. The quantitative estimate of drug-likeness (QED) is 0.391. The maximum Gasteiger partial charge on any atom is 0.194 e. The number of benzene rings is 2. The predicted molar refractivity (Wildman–Crippen MR) is 139 cm³/mol. The molecule has 0 bridgehead atoms. The van der Waals surface area contributed by atoms with E-state index in [9.17, 15) is 0 Å². The number of rotatable bonds is 10. The van der Waals surface area contributed by atoms with Crippen LogP contribution in [0.15, 0.2) is 67.4 Å². The topological polar surface area (TPSA) is 65.5 Å². The smallest absolute Gasteiger partial charge is 0.194 e. The molecule has 0 saturated carbocycles. The van der Waals surface area contributed by atoms with E-state index < -0.39 is 0 Å². The van der Waals surface area contributed by atoms with Gasteiger partial charge in [0, 0.05) is 18.2 Å². The van der Waals surface area contributed by atoms with Crippen LogP contribution in [-0.2, 0) is 16.8 Å². The first-order chi connectivity index (χ1) is 17.0. The van der Waals surface area contributed by atoms with Crippen molar-refractivity contribution in [3.05, 3.63) is 90.0 Å². The predicted octanol–water partition coefficient (Wildman–Crippen LogP) is 5.52. The first-order valence-corrected chi connectivity index (χ1v) is 12.3. The van der Waals surface area contributed by atoms with Gasteiger partial charge in [-0.2, -0.15) is 0 Å². The van der Waals surface area contributed by atoms with Gasteiger partial charge >= 0.3 is 0 Å². The highest BCUT2D eigenvalue weighted by molar-refractivity contribution is 5.49.